The summed E-state index contributed by atoms with van der Waals surface area (Å²) in [6, 6.07) is 7.91. The van der Waals surface area contributed by atoms with Gasteiger partial charge in [0, 0.05) is 23.5 Å². The molecule has 1 atom stereocenters. The first-order valence-corrected chi connectivity index (χ1v) is 9.80. The lowest BCUT2D eigenvalue weighted by molar-refractivity contribution is 0.602. The molecule has 0 bridgehead atoms. The second kappa shape index (κ2) is 6.39. The van der Waals surface area contributed by atoms with Gasteiger partial charge in [0.1, 0.15) is 5.82 Å². The molecule has 128 valence electrons. The predicted octanol–water partition coefficient (Wildman–Crippen LogP) is 2.74. The highest BCUT2D eigenvalue weighted by Crippen LogP contribution is 2.22. The van der Waals surface area contributed by atoms with Crippen molar-refractivity contribution in [2.24, 2.45) is 0 Å². The van der Waals surface area contributed by atoms with Crippen LogP contribution in [0.4, 0.5) is 17.5 Å². The summed E-state index contributed by atoms with van der Waals surface area (Å²) in [5, 5.41) is 6.47. The van der Waals surface area contributed by atoms with Crippen molar-refractivity contribution in [3.8, 4) is 0 Å². The van der Waals surface area contributed by atoms with E-state index in [2.05, 4.69) is 38.8 Å². The van der Waals surface area contributed by atoms with Crippen molar-refractivity contribution < 1.29 is 8.42 Å². The number of aryl methyl sites for hydroxylation is 3. The molecule has 1 fully saturated rings. The fourth-order valence-corrected chi connectivity index (χ4v) is 4.48. The Morgan fingerprint density at radius 1 is 1.12 bits per heavy atom. The monoisotopic (exact) mass is 346 g/mol. The zero-order valence-electron chi connectivity index (χ0n) is 14.1. The fourth-order valence-electron chi connectivity index (χ4n) is 2.81. The molecule has 2 N–H and O–H groups in total. The lowest BCUT2D eigenvalue weighted by Gasteiger charge is -2.14. The molecule has 0 aliphatic carbocycles. The summed E-state index contributed by atoms with van der Waals surface area (Å²) in [7, 11) is -2.92. The van der Waals surface area contributed by atoms with E-state index in [0.717, 1.165) is 22.5 Å². The standard InChI is InChI=1S/C17H22N4O2S/c1-11-4-5-12(2)15(8-11)20-17-18-13(3)9-16(21-17)19-14-6-7-24(22,23)10-14/h4-5,8-9,14H,6-7,10H2,1-3H3,(H2,18,19,20,21). The number of sulfone groups is 1. The molecular weight excluding hydrogens is 324 g/mol. The van der Waals surface area contributed by atoms with Crippen molar-refractivity contribution in [2.45, 2.75) is 33.2 Å². The third-order valence-electron chi connectivity index (χ3n) is 4.08. The van der Waals surface area contributed by atoms with Crippen molar-refractivity contribution in [3.63, 3.8) is 0 Å². The zero-order chi connectivity index (χ0) is 17.3. The highest BCUT2D eigenvalue weighted by molar-refractivity contribution is 7.91. The highest BCUT2D eigenvalue weighted by atomic mass is 32.2. The summed E-state index contributed by atoms with van der Waals surface area (Å²) >= 11 is 0. The number of hydrogen-bond acceptors (Lipinski definition) is 6. The van der Waals surface area contributed by atoms with Crippen LogP contribution in [0.1, 0.15) is 23.2 Å². The Kier molecular flexibility index (Phi) is 4.45. The van der Waals surface area contributed by atoms with E-state index in [9.17, 15) is 8.42 Å². The number of nitrogens with one attached hydrogen (secondary N) is 2. The van der Waals surface area contributed by atoms with Crippen molar-refractivity contribution in [2.75, 3.05) is 22.1 Å². The molecule has 0 amide bonds. The normalized spacial score (nSPS) is 19.2. The van der Waals surface area contributed by atoms with Crippen LogP contribution >= 0.6 is 0 Å². The van der Waals surface area contributed by atoms with Gasteiger partial charge in [-0.15, -0.1) is 0 Å². The molecule has 1 aromatic carbocycles. The third-order valence-corrected chi connectivity index (χ3v) is 5.85. The molecule has 1 aliphatic rings. The van der Waals surface area contributed by atoms with Crippen LogP contribution in [-0.2, 0) is 9.84 Å². The van der Waals surface area contributed by atoms with Crippen molar-refractivity contribution in [3.05, 3.63) is 41.1 Å². The van der Waals surface area contributed by atoms with E-state index in [1.165, 1.54) is 0 Å². The van der Waals surface area contributed by atoms with Crippen LogP contribution < -0.4 is 10.6 Å². The minimum atomic E-state index is -2.92. The van der Waals surface area contributed by atoms with Crippen LogP contribution in [0.25, 0.3) is 0 Å². The molecule has 1 unspecified atom stereocenters. The van der Waals surface area contributed by atoms with E-state index in [-0.39, 0.29) is 17.5 Å². The summed E-state index contributed by atoms with van der Waals surface area (Å²) in [6.45, 7) is 5.96. The Hall–Kier alpha value is -2.15. The van der Waals surface area contributed by atoms with E-state index >= 15 is 0 Å². The van der Waals surface area contributed by atoms with Gasteiger partial charge in [0.05, 0.1) is 11.5 Å². The maximum atomic E-state index is 11.6. The van der Waals surface area contributed by atoms with Gasteiger partial charge < -0.3 is 10.6 Å². The lowest BCUT2D eigenvalue weighted by Crippen LogP contribution is -2.21. The molecule has 2 aromatic rings. The first-order valence-electron chi connectivity index (χ1n) is 7.98. The summed E-state index contributed by atoms with van der Waals surface area (Å²) < 4.78 is 23.2. The smallest absolute Gasteiger partial charge is 0.229 e. The molecule has 0 spiro atoms. The van der Waals surface area contributed by atoms with E-state index in [4.69, 9.17) is 0 Å². The van der Waals surface area contributed by atoms with E-state index < -0.39 is 9.84 Å². The predicted molar refractivity (Wildman–Crippen MR) is 96.6 cm³/mol. The molecular formula is C17H22N4O2S. The van der Waals surface area contributed by atoms with Crippen LogP contribution in [0.5, 0.6) is 0 Å². The number of hydrogen-bond donors (Lipinski definition) is 2. The van der Waals surface area contributed by atoms with Gasteiger partial charge in [0.15, 0.2) is 9.84 Å². The number of nitrogens with zero attached hydrogens (tertiary/aromatic N) is 2. The molecule has 7 heteroatoms. The Bertz CT molecular complexity index is 865. The first kappa shape index (κ1) is 16.7. The van der Waals surface area contributed by atoms with Crippen LogP contribution in [0.3, 0.4) is 0 Å². The van der Waals surface area contributed by atoms with E-state index in [1.807, 2.05) is 26.8 Å². The maximum Gasteiger partial charge on any atom is 0.229 e. The van der Waals surface area contributed by atoms with Gasteiger partial charge in [-0.25, -0.2) is 13.4 Å². The summed E-state index contributed by atoms with van der Waals surface area (Å²) in [5.74, 6) is 1.56. The second-order valence-electron chi connectivity index (χ2n) is 6.41. The zero-order valence-corrected chi connectivity index (χ0v) is 14.9. The van der Waals surface area contributed by atoms with Gasteiger partial charge in [-0.1, -0.05) is 12.1 Å². The molecule has 3 rings (SSSR count). The second-order valence-corrected chi connectivity index (χ2v) is 8.63. The quantitative estimate of drug-likeness (QED) is 0.885. The number of benzene rings is 1. The van der Waals surface area contributed by atoms with Crippen LogP contribution in [0, 0.1) is 20.8 Å². The molecule has 1 aromatic heterocycles. The number of aromatic nitrogens is 2. The molecule has 6 nitrogen and oxygen atoms in total. The lowest BCUT2D eigenvalue weighted by atomic mass is 10.1. The highest BCUT2D eigenvalue weighted by Gasteiger charge is 2.28. The fraction of sp³-hybridized carbons (Fsp3) is 0.412. The van der Waals surface area contributed by atoms with Gasteiger partial charge in [0.25, 0.3) is 0 Å². The maximum absolute atomic E-state index is 11.6. The van der Waals surface area contributed by atoms with Crippen molar-refractivity contribution in [1.82, 2.24) is 9.97 Å². The molecule has 0 saturated carbocycles. The molecule has 1 saturated heterocycles. The van der Waals surface area contributed by atoms with Crippen LogP contribution in [-0.4, -0.2) is 35.9 Å². The van der Waals surface area contributed by atoms with Crippen LogP contribution in [0.15, 0.2) is 24.3 Å². The molecule has 2 heterocycles. The van der Waals surface area contributed by atoms with Gasteiger partial charge in [-0.2, -0.15) is 4.98 Å². The van der Waals surface area contributed by atoms with E-state index in [0.29, 0.717) is 18.2 Å². The topological polar surface area (TPSA) is 84.0 Å². The van der Waals surface area contributed by atoms with Gasteiger partial charge in [-0.3, -0.25) is 0 Å². The summed E-state index contributed by atoms with van der Waals surface area (Å²) in [6.07, 6.45) is 0.616. The third kappa shape index (κ3) is 4.03. The number of rotatable bonds is 4. The summed E-state index contributed by atoms with van der Waals surface area (Å²) in [4.78, 5) is 8.91. The Balaban J connectivity index is 1.80. The Morgan fingerprint density at radius 2 is 1.92 bits per heavy atom. The minimum Gasteiger partial charge on any atom is -0.366 e. The van der Waals surface area contributed by atoms with E-state index in [1.54, 1.807) is 0 Å². The average molecular weight is 346 g/mol. The van der Waals surface area contributed by atoms with Crippen molar-refractivity contribution >= 4 is 27.3 Å². The molecule has 0 radical (unpaired) electrons. The molecule has 24 heavy (non-hydrogen) atoms. The first-order chi connectivity index (χ1) is 11.3. The summed E-state index contributed by atoms with van der Waals surface area (Å²) in [5.41, 5.74) is 4.06. The molecule has 1 aliphatic heterocycles. The largest absolute Gasteiger partial charge is 0.366 e. The average Bonchev–Trinajstić information content (AvgIpc) is 2.81. The number of anilines is 3. The minimum absolute atomic E-state index is 0.0853. The van der Waals surface area contributed by atoms with Gasteiger partial charge >= 0.3 is 0 Å². The van der Waals surface area contributed by atoms with Crippen molar-refractivity contribution in [1.29, 1.82) is 0 Å². The Labute approximate surface area is 142 Å². The van der Waals surface area contributed by atoms with Gasteiger partial charge in [0.2, 0.25) is 5.95 Å². The SMILES string of the molecule is Cc1ccc(C)c(Nc2nc(C)cc(NC3CCS(=O)(=O)C3)n2)c1. The van der Waals surface area contributed by atoms with Crippen LogP contribution in [0.2, 0.25) is 0 Å². The Morgan fingerprint density at radius 3 is 2.62 bits per heavy atom. The van der Waals surface area contributed by atoms with Gasteiger partial charge in [-0.05, 0) is 44.4 Å².